The van der Waals surface area contributed by atoms with Gasteiger partial charge in [-0.25, -0.2) is 4.79 Å². The molecule has 0 spiro atoms. The summed E-state index contributed by atoms with van der Waals surface area (Å²) in [5.74, 6) is -1.91. The number of benzene rings is 2. The van der Waals surface area contributed by atoms with Gasteiger partial charge in [0.2, 0.25) is 0 Å². The Labute approximate surface area is 160 Å². The number of nitrogens with zero attached hydrogens (tertiary/aromatic N) is 1. The molecule has 1 saturated heterocycles. The molecule has 1 unspecified atom stereocenters. The first-order chi connectivity index (χ1) is 13.4. The van der Waals surface area contributed by atoms with Crippen LogP contribution in [-0.4, -0.2) is 41.6 Å². The number of aliphatic carboxylic acids is 1. The van der Waals surface area contributed by atoms with Gasteiger partial charge >= 0.3 is 12.6 Å². The molecule has 0 saturated carbocycles. The normalized spacial score (nSPS) is 18.9. The smallest absolute Gasteiger partial charge is 0.387 e. The second-order valence-electron chi connectivity index (χ2n) is 6.31. The number of rotatable bonds is 6. The van der Waals surface area contributed by atoms with Gasteiger partial charge < -0.3 is 19.5 Å². The molecule has 148 valence electrons. The van der Waals surface area contributed by atoms with Crippen LogP contribution in [0.2, 0.25) is 0 Å². The monoisotopic (exact) mass is 391 g/mol. The molecule has 2 atom stereocenters. The lowest BCUT2D eigenvalue weighted by Crippen LogP contribution is -2.41. The molecule has 1 amide bonds. The molecule has 6 nitrogen and oxygen atoms in total. The highest BCUT2D eigenvalue weighted by Crippen LogP contribution is 2.38. The summed E-state index contributed by atoms with van der Waals surface area (Å²) >= 11 is 0. The number of likely N-dealkylation sites (tertiary alicyclic amines) is 1. The lowest BCUT2D eigenvalue weighted by Gasteiger charge is -2.29. The number of hydrogen-bond acceptors (Lipinski definition) is 4. The van der Waals surface area contributed by atoms with Crippen LogP contribution in [0.3, 0.4) is 0 Å². The summed E-state index contributed by atoms with van der Waals surface area (Å²) in [4.78, 5) is 26.2. The van der Waals surface area contributed by atoms with Gasteiger partial charge in [-0.1, -0.05) is 30.3 Å². The number of halogens is 2. The highest BCUT2D eigenvalue weighted by Gasteiger charge is 2.42. The third kappa shape index (κ3) is 3.90. The molecule has 1 N–H and O–H groups in total. The number of amides is 1. The van der Waals surface area contributed by atoms with Crippen LogP contribution in [0.1, 0.15) is 34.8 Å². The van der Waals surface area contributed by atoms with Gasteiger partial charge in [0.15, 0.2) is 11.5 Å². The van der Waals surface area contributed by atoms with Crippen molar-refractivity contribution in [2.24, 2.45) is 0 Å². The minimum Gasteiger partial charge on any atom is -0.493 e. The van der Waals surface area contributed by atoms with Crippen LogP contribution in [0.4, 0.5) is 8.78 Å². The van der Waals surface area contributed by atoms with Crippen molar-refractivity contribution < 1.29 is 33.0 Å². The SMILES string of the molecule is COc1ccc(C(=O)N2C(C(=O)O)CC[C@H]2c2ccccc2)cc1OC(F)F. The van der Waals surface area contributed by atoms with Crippen LogP contribution in [0, 0.1) is 0 Å². The number of ether oxygens (including phenoxy) is 2. The Bertz CT molecular complexity index is 859. The Hall–Kier alpha value is -3.16. The maximum absolute atomic E-state index is 13.2. The first-order valence-corrected chi connectivity index (χ1v) is 8.65. The van der Waals surface area contributed by atoms with E-state index >= 15 is 0 Å². The highest BCUT2D eigenvalue weighted by atomic mass is 19.3. The summed E-state index contributed by atoms with van der Waals surface area (Å²) in [6.07, 6.45) is 0.792. The number of carbonyl (C=O) groups excluding carboxylic acids is 1. The topological polar surface area (TPSA) is 76.1 Å². The van der Waals surface area contributed by atoms with Gasteiger partial charge in [0.25, 0.3) is 5.91 Å². The fourth-order valence-electron chi connectivity index (χ4n) is 3.49. The molecule has 0 bridgehead atoms. The Balaban J connectivity index is 1.98. The molecule has 2 aromatic rings. The van der Waals surface area contributed by atoms with Crippen LogP contribution < -0.4 is 9.47 Å². The molecule has 1 aliphatic heterocycles. The summed E-state index contributed by atoms with van der Waals surface area (Å²) in [5.41, 5.74) is 0.864. The maximum Gasteiger partial charge on any atom is 0.387 e. The number of carboxylic acid groups (broad SMARTS) is 1. The van der Waals surface area contributed by atoms with Crippen molar-refractivity contribution in [3.05, 3.63) is 59.7 Å². The van der Waals surface area contributed by atoms with Crippen LogP contribution in [0.5, 0.6) is 11.5 Å². The van der Waals surface area contributed by atoms with Gasteiger partial charge in [-0.3, -0.25) is 4.79 Å². The first kappa shape index (κ1) is 19.6. The van der Waals surface area contributed by atoms with E-state index in [2.05, 4.69) is 4.74 Å². The third-order valence-corrected chi connectivity index (χ3v) is 4.72. The maximum atomic E-state index is 13.2. The molecule has 2 aromatic carbocycles. The average Bonchev–Trinajstić information content (AvgIpc) is 3.13. The number of alkyl halides is 2. The highest BCUT2D eigenvalue weighted by molar-refractivity contribution is 5.98. The summed E-state index contributed by atoms with van der Waals surface area (Å²) in [7, 11) is 1.29. The summed E-state index contributed by atoms with van der Waals surface area (Å²) in [6, 6.07) is 11.6. The van der Waals surface area contributed by atoms with Crippen LogP contribution in [0.15, 0.2) is 48.5 Å². The fraction of sp³-hybridized carbons (Fsp3) is 0.300. The molecule has 0 aromatic heterocycles. The number of carbonyl (C=O) groups is 2. The zero-order valence-electron chi connectivity index (χ0n) is 15.0. The predicted molar refractivity (Wildman–Crippen MR) is 95.6 cm³/mol. The van der Waals surface area contributed by atoms with Gasteiger partial charge in [0, 0.05) is 5.56 Å². The van der Waals surface area contributed by atoms with E-state index in [0.29, 0.717) is 12.8 Å². The van der Waals surface area contributed by atoms with E-state index in [9.17, 15) is 23.5 Å². The molecule has 3 rings (SSSR count). The molecular weight excluding hydrogens is 372 g/mol. The van der Waals surface area contributed by atoms with Gasteiger partial charge in [-0.05, 0) is 36.6 Å². The Kier molecular flexibility index (Phi) is 5.77. The van der Waals surface area contributed by atoms with Crippen molar-refractivity contribution in [3.8, 4) is 11.5 Å². The van der Waals surface area contributed by atoms with Crippen molar-refractivity contribution in [3.63, 3.8) is 0 Å². The van der Waals surface area contributed by atoms with E-state index < -0.39 is 30.6 Å². The van der Waals surface area contributed by atoms with Crippen molar-refractivity contribution in [1.82, 2.24) is 4.90 Å². The van der Waals surface area contributed by atoms with E-state index in [1.807, 2.05) is 30.3 Å². The number of methoxy groups -OCH3 is 1. The Morgan fingerprint density at radius 1 is 1.11 bits per heavy atom. The van der Waals surface area contributed by atoms with E-state index in [4.69, 9.17) is 4.74 Å². The second kappa shape index (κ2) is 8.24. The molecule has 28 heavy (non-hydrogen) atoms. The number of hydrogen-bond donors (Lipinski definition) is 1. The zero-order valence-corrected chi connectivity index (χ0v) is 15.0. The zero-order chi connectivity index (χ0) is 20.3. The summed E-state index contributed by atoms with van der Waals surface area (Å²) < 4.78 is 34.8. The predicted octanol–water partition coefficient (Wildman–Crippen LogP) is 3.73. The minimum atomic E-state index is -3.09. The van der Waals surface area contributed by atoms with Gasteiger partial charge in [-0.15, -0.1) is 0 Å². The van der Waals surface area contributed by atoms with Gasteiger partial charge in [0.05, 0.1) is 13.2 Å². The lowest BCUT2D eigenvalue weighted by atomic mass is 10.0. The lowest BCUT2D eigenvalue weighted by molar-refractivity contribution is -0.141. The average molecular weight is 391 g/mol. The Morgan fingerprint density at radius 2 is 1.82 bits per heavy atom. The molecule has 1 fully saturated rings. The third-order valence-electron chi connectivity index (χ3n) is 4.72. The van der Waals surface area contributed by atoms with Crippen LogP contribution in [0.25, 0.3) is 0 Å². The minimum absolute atomic E-state index is 0.0468. The number of carboxylic acids is 1. The van der Waals surface area contributed by atoms with Crippen molar-refractivity contribution in [2.75, 3.05) is 7.11 Å². The summed E-state index contributed by atoms with van der Waals surface area (Å²) in [5, 5.41) is 9.56. The van der Waals surface area contributed by atoms with Crippen molar-refractivity contribution in [1.29, 1.82) is 0 Å². The molecule has 1 aliphatic rings. The largest absolute Gasteiger partial charge is 0.493 e. The van der Waals surface area contributed by atoms with Crippen molar-refractivity contribution >= 4 is 11.9 Å². The molecular formula is C20H19F2NO5. The molecule has 0 radical (unpaired) electrons. The fourth-order valence-corrected chi connectivity index (χ4v) is 3.49. The summed E-state index contributed by atoms with van der Waals surface area (Å²) in [6.45, 7) is -3.09. The van der Waals surface area contributed by atoms with E-state index in [-0.39, 0.29) is 17.1 Å². The van der Waals surface area contributed by atoms with Gasteiger partial charge in [-0.2, -0.15) is 8.78 Å². The second-order valence-corrected chi connectivity index (χ2v) is 6.31. The quantitative estimate of drug-likeness (QED) is 0.812. The van der Waals surface area contributed by atoms with E-state index in [1.165, 1.54) is 24.1 Å². The standard InChI is InChI=1S/C20H19F2NO5/c1-27-16-10-7-13(11-17(16)28-20(21)22)18(24)23-14(8-9-15(23)19(25)26)12-5-3-2-4-6-12/h2-7,10-11,14-15,20H,8-9H2,1H3,(H,25,26)/t14-,15?/m0/s1. The Morgan fingerprint density at radius 3 is 2.43 bits per heavy atom. The van der Waals surface area contributed by atoms with Crippen molar-refractivity contribution in [2.45, 2.75) is 31.5 Å². The van der Waals surface area contributed by atoms with E-state index in [1.54, 1.807) is 0 Å². The van der Waals surface area contributed by atoms with E-state index in [0.717, 1.165) is 11.6 Å². The van der Waals surface area contributed by atoms with Gasteiger partial charge in [0.1, 0.15) is 6.04 Å². The molecule has 1 heterocycles. The molecule has 0 aliphatic carbocycles. The first-order valence-electron chi connectivity index (χ1n) is 8.65. The van der Waals surface area contributed by atoms with Crippen LogP contribution in [-0.2, 0) is 4.79 Å². The van der Waals surface area contributed by atoms with Crippen LogP contribution >= 0.6 is 0 Å². The molecule has 8 heteroatoms.